The zero-order valence-corrected chi connectivity index (χ0v) is 12.3. The van der Waals surface area contributed by atoms with Gasteiger partial charge in [0, 0.05) is 20.0 Å². The highest BCUT2D eigenvalue weighted by molar-refractivity contribution is 5.94. The van der Waals surface area contributed by atoms with Crippen molar-refractivity contribution in [3.05, 3.63) is 59.4 Å². The minimum Gasteiger partial charge on any atom is -0.369 e. The van der Waals surface area contributed by atoms with Crippen LogP contribution < -0.4 is 4.90 Å². The number of Topliss-reactive ketones (excluding diaryl/α,β-unsaturated/α-hetero) is 1. The lowest BCUT2D eigenvalue weighted by Gasteiger charge is -2.19. The third kappa shape index (κ3) is 3.44. The highest BCUT2D eigenvalue weighted by atomic mass is 16.1. The first-order valence-electron chi connectivity index (χ1n) is 6.86. The molecule has 0 unspecified atom stereocenters. The number of nitrogens with zero attached hydrogens (tertiary/aromatic N) is 2. The quantitative estimate of drug-likeness (QED) is 0.776. The Bertz CT molecular complexity index is 590. The Kier molecular flexibility index (Phi) is 4.51. The Labute approximate surface area is 120 Å². The molecule has 104 valence electrons. The van der Waals surface area contributed by atoms with Crippen LogP contribution in [0.3, 0.4) is 0 Å². The molecule has 0 aliphatic rings. The largest absolute Gasteiger partial charge is 0.369 e. The molecule has 1 aromatic carbocycles. The maximum absolute atomic E-state index is 11.5. The van der Waals surface area contributed by atoms with Crippen molar-refractivity contribution in [3.63, 3.8) is 0 Å². The van der Waals surface area contributed by atoms with Crippen LogP contribution in [0.1, 0.15) is 35.0 Å². The molecule has 0 atom stereocenters. The number of aryl methyl sites for hydroxylation is 1. The van der Waals surface area contributed by atoms with Gasteiger partial charge in [0.1, 0.15) is 5.69 Å². The first-order chi connectivity index (χ1) is 9.60. The number of carbonyl (C=O) groups excluding carboxylic acids is 1. The Morgan fingerprint density at radius 1 is 1.25 bits per heavy atom. The second kappa shape index (κ2) is 6.33. The maximum Gasteiger partial charge on any atom is 0.180 e. The topological polar surface area (TPSA) is 33.2 Å². The van der Waals surface area contributed by atoms with Crippen LogP contribution in [-0.4, -0.2) is 17.8 Å². The smallest absolute Gasteiger partial charge is 0.180 e. The molecule has 0 bridgehead atoms. The van der Waals surface area contributed by atoms with E-state index in [-0.39, 0.29) is 5.78 Å². The van der Waals surface area contributed by atoms with E-state index >= 15 is 0 Å². The average Bonchev–Trinajstić information content (AvgIpc) is 2.46. The predicted molar refractivity (Wildman–Crippen MR) is 82.1 cm³/mol. The summed E-state index contributed by atoms with van der Waals surface area (Å²) in [5, 5.41) is 0. The molecule has 0 spiro atoms. The van der Waals surface area contributed by atoms with Crippen molar-refractivity contribution in [1.29, 1.82) is 0 Å². The standard InChI is InChI=1S/C17H20N2O/c1-4-17(20)16-9-8-15(11-18-16)19(3)12-14-7-5-6-13(2)10-14/h5-11H,4,12H2,1-3H3. The molecule has 0 saturated carbocycles. The van der Waals surface area contributed by atoms with E-state index < -0.39 is 0 Å². The summed E-state index contributed by atoms with van der Waals surface area (Å²) in [5.41, 5.74) is 4.08. The Hall–Kier alpha value is -2.16. The molecule has 0 aliphatic carbocycles. The minimum atomic E-state index is 0.0814. The van der Waals surface area contributed by atoms with E-state index in [1.807, 2.05) is 20.0 Å². The molecule has 20 heavy (non-hydrogen) atoms. The molecule has 1 heterocycles. The van der Waals surface area contributed by atoms with E-state index in [1.165, 1.54) is 11.1 Å². The van der Waals surface area contributed by atoms with Gasteiger partial charge in [0.05, 0.1) is 11.9 Å². The highest BCUT2D eigenvalue weighted by Gasteiger charge is 2.07. The summed E-state index contributed by atoms with van der Waals surface area (Å²) in [7, 11) is 2.03. The number of rotatable bonds is 5. The number of aromatic nitrogens is 1. The van der Waals surface area contributed by atoms with Gasteiger partial charge < -0.3 is 4.90 Å². The van der Waals surface area contributed by atoms with Gasteiger partial charge in [-0.05, 0) is 24.6 Å². The van der Waals surface area contributed by atoms with Crippen molar-refractivity contribution in [3.8, 4) is 0 Å². The van der Waals surface area contributed by atoms with Gasteiger partial charge in [-0.3, -0.25) is 9.78 Å². The van der Waals surface area contributed by atoms with E-state index in [4.69, 9.17) is 0 Å². The molecule has 0 radical (unpaired) electrons. The molecule has 3 nitrogen and oxygen atoms in total. The summed E-state index contributed by atoms with van der Waals surface area (Å²) in [4.78, 5) is 17.9. The van der Waals surface area contributed by atoms with Gasteiger partial charge in [0.2, 0.25) is 0 Å². The molecule has 0 saturated heterocycles. The number of anilines is 1. The fourth-order valence-electron chi connectivity index (χ4n) is 2.13. The maximum atomic E-state index is 11.5. The molecule has 2 aromatic rings. The number of pyridine rings is 1. The zero-order valence-electron chi connectivity index (χ0n) is 12.3. The van der Waals surface area contributed by atoms with E-state index in [0.717, 1.165) is 12.2 Å². The van der Waals surface area contributed by atoms with Gasteiger partial charge >= 0.3 is 0 Å². The molecular weight excluding hydrogens is 248 g/mol. The molecule has 0 amide bonds. The lowest BCUT2D eigenvalue weighted by Crippen LogP contribution is -2.17. The summed E-state index contributed by atoms with van der Waals surface area (Å²) >= 11 is 0. The average molecular weight is 268 g/mol. The van der Waals surface area contributed by atoms with Crippen LogP contribution >= 0.6 is 0 Å². The monoisotopic (exact) mass is 268 g/mol. The summed E-state index contributed by atoms with van der Waals surface area (Å²) in [5.74, 6) is 0.0814. The van der Waals surface area contributed by atoms with Gasteiger partial charge in [-0.1, -0.05) is 36.8 Å². The van der Waals surface area contributed by atoms with Crippen molar-refractivity contribution in [2.24, 2.45) is 0 Å². The summed E-state index contributed by atoms with van der Waals surface area (Å²) in [6, 6.07) is 12.2. The first-order valence-corrected chi connectivity index (χ1v) is 6.86. The van der Waals surface area contributed by atoms with Crippen LogP contribution in [0.15, 0.2) is 42.6 Å². The Morgan fingerprint density at radius 3 is 2.65 bits per heavy atom. The second-order valence-corrected chi connectivity index (χ2v) is 5.02. The van der Waals surface area contributed by atoms with Gasteiger partial charge in [0.15, 0.2) is 5.78 Å². The summed E-state index contributed by atoms with van der Waals surface area (Å²) < 4.78 is 0. The molecule has 2 rings (SSSR count). The number of ketones is 1. The van der Waals surface area contributed by atoms with E-state index in [1.54, 1.807) is 12.3 Å². The molecular formula is C17H20N2O. The Balaban J connectivity index is 2.09. The van der Waals surface area contributed by atoms with Crippen LogP contribution in [0.25, 0.3) is 0 Å². The van der Waals surface area contributed by atoms with Crippen LogP contribution in [0.4, 0.5) is 5.69 Å². The lowest BCUT2D eigenvalue weighted by molar-refractivity contribution is 0.0983. The van der Waals surface area contributed by atoms with E-state index in [2.05, 4.69) is 41.1 Å². The number of carbonyl (C=O) groups is 1. The van der Waals surface area contributed by atoms with Crippen molar-refractivity contribution >= 4 is 11.5 Å². The fraction of sp³-hybridized carbons (Fsp3) is 0.294. The zero-order chi connectivity index (χ0) is 14.5. The Morgan fingerprint density at radius 2 is 2.05 bits per heavy atom. The highest BCUT2D eigenvalue weighted by Crippen LogP contribution is 2.16. The molecule has 0 fully saturated rings. The normalized spacial score (nSPS) is 10.3. The minimum absolute atomic E-state index is 0.0814. The third-order valence-corrected chi connectivity index (χ3v) is 3.30. The van der Waals surface area contributed by atoms with Crippen molar-refractivity contribution < 1.29 is 4.79 Å². The summed E-state index contributed by atoms with van der Waals surface area (Å²) in [6.07, 6.45) is 2.25. The van der Waals surface area contributed by atoms with Gasteiger partial charge in [-0.2, -0.15) is 0 Å². The second-order valence-electron chi connectivity index (χ2n) is 5.02. The first kappa shape index (κ1) is 14.3. The SMILES string of the molecule is CCC(=O)c1ccc(N(C)Cc2cccc(C)c2)cn1. The van der Waals surface area contributed by atoms with E-state index in [9.17, 15) is 4.79 Å². The van der Waals surface area contributed by atoms with E-state index in [0.29, 0.717) is 12.1 Å². The van der Waals surface area contributed by atoms with Gasteiger partial charge in [-0.15, -0.1) is 0 Å². The van der Waals surface area contributed by atoms with Crippen LogP contribution in [0, 0.1) is 6.92 Å². The van der Waals surface area contributed by atoms with Crippen molar-refractivity contribution in [2.75, 3.05) is 11.9 Å². The number of hydrogen-bond acceptors (Lipinski definition) is 3. The molecule has 0 N–H and O–H groups in total. The van der Waals surface area contributed by atoms with Gasteiger partial charge in [-0.25, -0.2) is 0 Å². The third-order valence-electron chi connectivity index (χ3n) is 3.30. The fourth-order valence-corrected chi connectivity index (χ4v) is 2.13. The molecule has 3 heteroatoms. The van der Waals surface area contributed by atoms with Crippen LogP contribution in [0.2, 0.25) is 0 Å². The number of hydrogen-bond donors (Lipinski definition) is 0. The van der Waals surface area contributed by atoms with Crippen molar-refractivity contribution in [1.82, 2.24) is 4.98 Å². The molecule has 0 aliphatic heterocycles. The molecule has 1 aromatic heterocycles. The predicted octanol–water partition coefficient (Wildman–Crippen LogP) is 3.62. The summed E-state index contributed by atoms with van der Waals surface area (Å²) in [6.45, 7) is 4.77. The van der Waals surface area contributed by atoms with Crippen LogP contribution in [-0.2, 0) is 6.54 Å². The number of benzene rings is 1. The van der Waals surface area contributed by atoms with Crippen molar-refractivity contribution in [2.45, 2.75) is 26.8 Å². The van der Waals surface area contributed by atoms with Crippen LogP contribution in [0.5, 0.6) is 0 Å². The van der Waals surface area contributed by atoms with Gasteiger partial charge in [0.25, 0.3) is 0 Å². The lowest BCUT2D eigenvalue weighted by atomic mass is 10.1.